The van der Waals surface area contributed by atoms with Gasteiger partial charge in [0.05, 0.1) is 14.2 Å². The minimum absolute atomic E-state index is 0.0263. The van der Waals surface area contributed by atoms with Gasteiger partial charge in [-0.25, -0.2) is 0 Å². The van der Waals surface area contributed by atoms with E-state index < -0.39 is 0 Å². The van der Waals surface area contributed by atoms with Crippen molar-refractivity contribution in [3.05, 3.63) is 120 Å². The number of para-hydroxylation sites is 1. The third-order valence-electron chi connectivity index (χ3n) is 7.95. The molecule has 0 saturated heterocycles. The molecule has 0 aliphatic rings. The Hall–Kier alpha value is -4.77. The van der Waals surface area contributed by atoms with Gasteiger partial charge in [0.15, 0.2) is 11.5 Å². The SMILES string of the molecule is CCn1c2ccccc2c2cc(CN(CCc3ccc(OC)c(OC)c3)C(=O)c3cccc4ccccc34)ccc21. The molecular formula is C36H34N2O3. The first kappa shape index (κ1) is 26.5. The van der Waals surface area contributed by atoms with Gasteiger partial charge in [-0.05, 0) is 71.6 Å². The van der Waals surface area contributed by atoms with Gasteiger partial charge in [0.25, 0.3) is 5.91 Å². The van der Waals surface area contributed by atoms with Crippen molar-refractivity contribution in [2.45, 2.75) is 26.4 Å². The summed E-state index contributed by atoms with van der Waals surface area (Å²) in [6.07, 6.45) is 0.689. The van der Waals surface area contributed by atoms with E-state index >= 15 is 0 Å². The van der Waals surface area contributed by atoms with E-state index in [4.69, 9.17) is 9.47 Å². The van der Waals surface area contributed by atoms with Crippen LogP contribution in [0, 0.1) is 0 Å². The van der Waals surface area contributed by atoms with E-state index in [0.29, 0.717) is 31.0 Å². The molecule has 5 nitrogen and oxygen atoms in total. The number of methoxy groups -OCH3 is 2. The van der Waals surface area contributed by atoms with E-state index in [1.807, 2.05) is 53.4 Å². The van der Waals surface area contributed by atoms with E-state index in [9.17, 15) is 4.79 Å². The van der Waals surface area contributed by atoms with Crippen molar-refractivity contribution < 1.29 is 14.3 Å². The molecule has 41 heavy (non-hydrogen) atoms. The molecule has 0 spiro atoms. The van der Waals surface area contributed by atoms with Crippen LogP contribution in [0.4, 0.5) is 0 Å². The Morgan fingerprint density at radius 1 is 0.707 bits per heavy atom. The van der Waals surface area contributed by atoms with E-state index in [1.165, 1.54) is 21.8 Å². The molecule has 6 aromatic rings. The van der Waals surface area contributed by atoms with Crippen LogP contribution in [-0.4, -0.2) is 36.1 Å². The first-order valence-corrected chi connectivity index (χ1v) is 14.1. The molecular weight excluding hydrogens is 508 g/mol. The predicted octanol–water partition coefficient (Wildman–Crippen LogP) is 7.87. The highest BCUT2D eigenvalue weighted by atomic mass is 16.5. The maximum absolute atomic E-state index is 14.2. The van der Waals surface area contributed by atoms with E-state index in [1.54, 1.807) is 14.2 Å². The number of carbonyl (C=O) groups excluding carboxylic acids is 1. The molecule has 206 valence electrons. The van der Waals surface area contributed by atoms with Crippen molar-refractivity contribution in [2.75, 3.05) is 20.8 Å². The lowest BCUT2D eigenvalue weighted by atomic mass is 10.0. The minimum atomic E-state index is 0.0263. The van der Waals surface area contributed by atoms with Gasteiger partial charge < -0.3 is 18.9 Å². The molecule has 0 radical (unpaired) electrons. The molecule has 1 aromatic heterocycles. The number of amides is 1. The zero-order valence-corrected chi connectivity index (χ0v) is 23.8. The molecule has 0 aliphatic carbocycles. The highest BCUT2D eigenvalue weighted by Gasteiger charge is 2.20. The first-order valence-electron chi connectivity index (χ1n) is 14.1. The molecule has 0 unspecified atom stereocenters. The van der Waals surface area contributed by atoms with Crippen molar-refractivity contribution in [1.82, 2.24) is 9.47 Å². The zero-order chi connectivity index (χ0) is 28.3. The number of rotatable bonds is 9. The molecule has 6 rings (SSSR count). The van der Waals surface area contributed by atoms with Gasteiger partial charge in [-0.3, -0.25) is 4.79 Å². The van der Waals surface area contributed by atoms with E-state index in [0.717, 1.165) is 34.0 Å². The summed E-state index contributed by atoms with van der Waals surface area (Å²) < 4.78 is 13.3. The Morgan fingerprint density at radius 3 is 2.22 bits per heavy atom. The van der Waals surface area contributed by atoms with Gasteiger partial charge in [0.1, 0.15) is 0 Å². The highest BCUT2D eigenvalue weighted by molar-refractivity contribution is 6.09. The average Bonchev–Trinajstić information content (AvgIpc) is 3.35. The van der Waals surface area contributed by atoms with Gasteiger partial charge in [0, 0.05) is 47.0 Å². The number of hydrogen-bond donors (Lipinski definition) is 0. The first-order chi connectivity index (χ1) is 20.1. The number of aryl methyl sites for hydroxylation is 1. The largest absolute Gasteiger partial charge is 0.493 e. The molecule has 5 aromatic carbocycles. The summed E-state index contributed by atoms with van der Waals surface area (Å²) in [5.41, 5.74) is 5.37. The molecule has 1 amide bonds. The second-order valence-electron chi connectivity index (χ2n) is 10.3. The summed E-state index contributed by atoms with van der Waals surface area (Å²) in [4.78, 5) is 16.2. The molecule has 0 saturated carbocycles. The summed E-state index contributed by atoms with van der Waals surface area (Å²) in [7, 11) is 3.28. The van der Waals surface area contributed by atoms with Crippen LogP contribution < -0.4 is 9.47 Å². The van der Waals surface area contributed by atoms with Crippen LogP contribution in [0.25, 0.3) is 32.6 Å². The topological polar surface area (TPSA) is 43.7 Å². The summed E-state index contributed by atoms with van der Waals surface area (Å²) in [5.74, 6) is 1.41. The molecule has 0 atom stereocenters. The summed E-state index contributed by atoms with van der Waals surface area (Å²) in [6, 6.07) is 35.1. The fourth-order valence-corrected chi connectivity index (χ4v) is 5.90. The number of ether oxygens (including phenoxy) is 2. The minimum Gasteiger partial charge on any atom is -0.493 e. The van der Waals surface area contributed by atoms with Gasteiger partial charge in [-0.15, -0.1) is 0 Å². The zero-order valence-electron chi connectivity index (χ0n) is 23.8. The van der Waals surface area contributed by atoms with Gasteiger partial charge in [-0.2, -0.15) is 0 Å². The Labute approximate surface area is 240 Å². The lowest BCUT2D eigenvalue weighted by Gasteiger charge is -2.24. The Bertz CT molecular complexity index is 1870. The molecule has 1 heterocycles. The summed E-state index contributed by atoms with van der Waals surface area (Å²) >= 11 is 0. The number of fused-ring (bicyclic) bond motifs is 4. The normalized spacial score (nSPS) is 11.3. The lowest BCUT2D eigenvalue weighted by Crippen LogP contribution is -2.32. The second kappa shape index (κ2) is 11.4. The lowest BCUT2D eigenvalue weighted by molar-refractivity contribution is 0.0747. The summed E-state index contributed by atoms with van der Waals surface area (Å²) in [5, 5.41) is 4.49. The van der Waals surface area contributed by atoms with Crippen LogP contribution in [0.3, 0.4) is 0 Å². The van der Waals surface area contributed by atoms with E-state index in [2.05, 4.69) is 66.1 Å². The van der Waals surface area contributed by atoms with Crippen LogP contribution in [0.5, 0.6) is 11.5 Å². The quantitative estimate of drug-likeness (QED) is 0.187. The molecule has 0 aliphatic heterocycles. The van der Waals surface area contributed by atoms with Crippen LogP contribution >= 0.6 is 0 Å². The smallest absolute Gasteiger partial charge is 0.254 e. The van der Waals surface area contributed by atoms with Crippen molar-refractivity contribution in [1.29, 1.82) is 0 Å². The number of carbonyl (C=O) groups is 1. The van der Waals surface area contributed by atoms with Gasteiger partial charge >= 0.3 is 0 Å². The van der Waals surface area contributed by atoms with Crippen LogP contribution in [0.2, 0.25) is 0 Å². The van der Waals surface area contributed by atoms with Crippen molar-refractivity contribution in [3.8, 4) is 11.5 Å². The highest BCUT2D eigenvalue weighted by Crippen LogP contribution is 2.31. The Morgan fingerprint density at radius 2 is 1.41 bits per heavy atom. The number of benzene rings is 5. The maximum Gasteiger partial charge on any atom is 0.254 e. The third-order valence-corrected chi connectivity index (χ3v) is 7.95. The van der Waals surface area contributed by atoms with E-state index in [-0.39, 0.29) is 5.91 Å². The van der Waals surface area contributed by atoms with Crippen LogP contribution in [-0.2, 0) is 19.5 Å². The number of aromatic nitrogens is 1. The third kappa shape index (κ3) is 5.00. The average molecular weight is 543 g/mol. The molecule has 5 heteroatoms. The number of hydrogen-bond acceptors (Lipinski definition) is 3. The standard InChI is InChI=1S/C36H34N2O3/c1-4-38-32-15-8-7-13-29(32)31-22-26(16-18-33(31)38)24-37(21-20-25-17-19-34(40-2)35(23-25)41-3)36(39)30-14-9-11-27-10-5-6-12-28(27)30/h5-19,22-23H,4,20-21,24H2,1-3H3. The molecule has 0 fully saturated rings. The summed E-state index contributed by atoms with van der Waals surface area (Å²) in [6.45, 7) is 4.15. The van der Waals surface area contributed by atoms with Crippen molar-refractivity contribution in [2.24, 2.45) is 0 Å². The second-order valence-corrected chi connectivity index (χ2v) is 10.3. The fraction of sp³-hybridized carbons (Fsp3) is 0.194. The molecule has 0 bridgehead atoms. The Kier molecular flexibility index (Phi) is 7.34. The number of nitrogens with zero attached hydrogens (tertiary/aromatic N) is 2. The van der Waals surface area contributed by atoms with Gasteiger partial charge in [-0.1, -0.05) is 66.7 Å². The predicted molar refractivity (Wildman–Crippen MR) is 167 cm³/mol. The Balaban J connectivity index is 1.37. The van der Waals surface area contributed by atoms with Crippen LogP contribution in [0.15, 0.2) is 103 Å². The van der Waals surface area contributed by atoms with Crippen LogP contribution in [0.1, 0.15) is 28.4 Å². The van der Waals surface area contributed by atoms with Crippen molar-refractivity contribution >= 4 is 38.5 Å². The molecule has 0 N–H and O–H groups in total. The van der Waals surface area contributed by atoms with Gasteiger partial charge in [0.2, 0.25) is 0 Å². The fourth-order valence-electron chi connectivity index (χ4n) is 5.90. The van der Waals surface area contributed by atoms with Crippen molar-refractivity contribution in [3.63, 3.8) is 0 Å². The monoisotopic (exact) mass is 542 g/mol. The maximum atomic E-state index is 14.2.